The molecule has 0 aromatic rings. The molecule has 0 aromatic heterocycles. The van der Waals surface area contributed by atoms with E-state index >= 15 is 0 Å². The number of carboxylic acid groups (broad SMARTS) is 1. The summed E-state index contributed by atoms with van der Waals surface area (Å²) in [6.07, 6.45) is 12.0. The van der Waals surface area contributed by atoms with E-state index in [0.29, 0.717) is 17.8 Å². The summed E-state index contributed by atoms with van der Waals surface area (Å²) in [6, 6.07) is 0. The van der Waals surface area contributed by atoms with E-state index in [1.54, 1.807) is 0 Å². The standard InChI is InChI=1S/C30H48O3/c1-19(2)9-8-10-20(3)21-14-18-30(26(32)33)23-11-12-24-27(4,5)25(31)15-16-28(24,6)22(23)13-17-29(21,30)7/h9,20-21,24-25,31H,8,10-18H2,1-7H3,(H,32,33)/t20-,21-,24+,25+,28-,29-,30+/m1/s1. The van der Waals surface area contributed by atoms with Gasteiger partial charge < -0.3 is 10.2 Å². The van der Waals surface area contributed by atoms with Crippen molar-refractivity contribution in [1.29, 1.82) is 0 Å². The molecule has 0 spiro atoms. The first kappa shape index (κ1) is 25.0. The van der Waals surface area contributed by atoms with E-state index in [2.05, 4.69) is 54.5 Å². The fraction of sp³-hybridized carbons (Fsp3) is 0.833. The van der Waals surface area contributed by atoms with Gasteiger partial charge in [0.1, 0.15) is 0 Å². The first-order valence-corrected chi connectivity index (χ1v) is 13.6. The summed E-state index contributed by atoms with van der Waals surface area (Å²) >= 11 is 0. The molecule has 2 N–H and O–H groups in total. The van der Waals surface area contributed by atoms with Crippen LogP contribution in [0.2, 0.25) is 0 Å². The average Bonchev–Trinajstić information content (AvgIpc) is 3.05. The number of rotatable bonds is 5. The maximum absolute atomic E-state index is 13.2. The average molecular weight is 457 g/mol. The molecule has 2 saturated carbocycles. The Hall–Kier alpha value is -1.09. The molecule has 4 aliphatic carbocycles. The third-order valence-electron chi connectivity index (χ3n) is 11.5. The molecule has 0 aromatic carbocycles. The highest BCUT2D eigenvalue weighted by Crippen LogP contribution is 2.72. The van der Waals surface area contributed by atoms with Crippen LogP contribution in [0.25, 0.3) is 0 Å². The molecule has 0 aliphatic heterocycles. The molecule has 0 radical (unpaired) electrons. The van der Waals surface area contributed by atoms with Crippen molar-refractivity contribution in [3.63, 3.8) is 0 Å². The van der Waals surface area contributed by atoms with Gasteiger partial charge in [-0.15, -0.1) is 0 Å². The smallest absolute Gasteiger partial charge is 0.314 e. The predicted octanol–water partition coefficient (Wildman–Crippen LogP) is 7.54. The Bertz CT molecular complexity index is 862. The number of carboxylic acids is 1. The molecule has 0 heterocycles. The number of aliphatic hydroxyl groups is 1. The Kier molecular flexibility index (Phi) is 6.25. The van der Waals surface area contributed by atoms with Gasteiger partial charge in [-0.3, -0.25) is 4.79 Å². The SMILES string of the molecule is CC(C)=CCC[C@@H](C)[C@H]1CC[C@@]2(C(=O)O)C3=C(CC[C@]12C)[C@@]1(C)CC[C@H](O)C(C)(C)[C@@H]1CC3. The van der Waals surface area contributed by atoms with Crippen LogP contribution in [0.15, 0.2) is 22.8 Å². The van der Waals surface area contributed by atoms with Crippen LogP contribution in [0.1, 0.15) is 113 Å². The van der Waals surface area contributed by atoms with Gasteiger partial charge in [0.25, 0.3) is 0 Å². The molecule has 0 bridgehead atoms. The number of fused-ring (bicyclic) bond motifs is 4. The minimum Gasteiger partial charge on any atom is -0.481 e. The molecular weight excluding hydrogens is 408 g/mol. The minimum absolute atomic E-state index is 0.0350. The molecule has 4 aliphatic rings. The molecule has 186 valence electrons. The number of aliphatic carboxylic acids is 1. The van der Waals surface area contributed by atoms with Gasteiger partial charge in [-0.05, 0) is 112 Å². The largest absolute Gasteiger partial charge is 0.481 e. The van der Waals surface area contributed by atoms with Crippen LogP contribution < -0.4 is 0 Å². The summed E-state index contributed by atoms with van der Waals surface area (Å²) < 4.78 is 0. The van der Waals surface area contributed by atoms with Crippen LogP contribution in [-0.4, -0.2) is 22.3 Å². The summed E-state index contributed by atoms with van der Waals surface area (Å²) in [5.41, 5.74) is 3.25. The van der Waals surface area contributed by atoms with Gasteiger partial charge in [0.2, 0.25) is 0 Å². The first-order chi connectivity index (χ1) is 15.3. The first-order valence-electron chi connectivity index (χ1n) is 13.6. The van der Waals surface area contributed by atoms with E-state index in [1.807, 2.05) is 0 Å². The summed E-state index contributed by atoms with van der Waals surface area (Å²) in [6.45, 7) is 15.9. The van der Waals surface area contributed by atoms with Crippen LogP contribution in [0.4, 0.5) is 0 Å². The van der Waals surface area contributed by atoms with Gasteiger partial charge in [0.05, 0.1) is 11.5 Å². The number of hydrogen-bond donors (Lipinski definition) is 2. The Balaban J connectivity index is 1.74. The van der Waals surface area contributed by atoms with Crippen molar-refractivity contribution >= 4 is 5.97 Å². The summed E-state index contributed by atoms with van der Waals surface area (Å²) in [5, 5.41) is 21.7. The maximum Gasteiger partial charge on any atom is 0.314 e. The van der Waals surface area contributed by atoms with Crippen molar-refractivity contribution in [3.05, 3.63) is 22.8 Å². The van der Waals surface area contributed by atoms with Crippen molar-refractivity contribution in [2.45, 2.75) is 119 Å². The Morgan fingerprint density at radius 1 is 1.03 bits per heavy atom. The molecule has 0 unspecified atom stereocenters. The number of hydrogen-bond acceptors (Lipinski definition) is 2. The number of allylic oxidation sites excluding steroid dienone is 3. The molecule has 7 atom stereocenters. The highest BCUT2D eigenvalue weighted by Gasteiger charge is 2.68. The third-order valence-corrected chi connectivity index (χ3v) is 11.5. The second-order valence-electron chi connectivity index (χ2n) is 13.5. The van der Waals surface area contributed by atoms with Crippen LogP contribution in [0, 0.1) is 39.4 Å². The zero-order chi connectivity index (χ0) is 24.4. The highest BCUT2D eigenvalue weighted by molar-refractivity contribution is 5.81. The van der Waals surface area contributed by atoms with E-state index in [4.69, 9.17) is 0 Å². The lowest BCUT2D eigenvalue weighted by molar-refractivity contribution is -0.157. The Labute approximate surface area is 202 Å². The van der Waals surface area contributed by atoms with E-state index in [9.17, 15) is 15.0 Å². The predicted molar refractivity (Wildman–Crippen MR) is 135 cm³/mol. The fourth-order valence-electron chi connectivity index (χ4n) is 9.58. The van der Waals surface area contributed by atoms with E-state index < -0.39 is 11.4 Å². The molecule has 0 saturated heterocycles. The number of aliphatic hydroxyl groups excluding tert-OH is 1. The highest BCUT2D eigenvalue weighted by atomic mass is 16.4. The normalized spacial score (nSPS) is 42.7. The topological polar surface area (TPSA) is 57.5 Å². The Morgan fingerprint density at radius 2 is 1.73 bits per heavy atom. The van der Waals surface area contributed by atoms with E-state index in [0.717, 1.165) is 64.2 Å². The second-order valence-corrected chi connectivity index (χ2v) is 13.5. The van der Waals surface area contributed by atoms with E-state index in [1.165, 1.54) is 16.7 Å². The van der Waals surface area contributed by atoms with Crippen molar-refractivity contribution < 1.29 is 15.0 Å². The van der Waals surface area contributed by atoms with Crippen molar-refractivity contribution in [3.8, 4) is 0 Å². The molecule has 2 fully saturated rings. The second kappa shape index (κ2) is 8.25. The van der Waals surface area contributed by atoms with Gasteiger partial charge in [-0.25, -0.2) is 0 Å². The van der Waals surface area contributed by atoms with Crippen molar-refractivity contribution in [2.75, 3.05) is 0 Å². The minimum atomic E-state index is -0.690. The summed E-state index contributed by atoms with van der Waals surface area (Å²) in [4.78, 5) is 13.2. The summed E-state index contributed by atoms with van der Waals surface area (Å²) in [7, 11) is 0. The lowest BCUT2D eigenvalue weighted by Gasteiger charge is -2.61. The number of carbonyl (C=O) groups is 1. The molecule has 4 rings (SSSR count). The van der Waals surface area contributed by atoms with Crippen molar-refractivity contribution in [2.24, 2.45) is 39.4 Å². The lowest BCUT2D eigenvalue weighted by atomic mass is 9.43. The molecule has 3 nitrogen and oxygen atoms in total. The third kappa shape index (κ3) is 3.42. The zero-order valence-corrected chi connectivity index (χ0v) is 22.3. The van der Waals surface area contributed by atoms with Gasteiger partial charge in [-0.2, -0.15) is 0 Å². The van der Waals surface area contributed by atoms with Gasteiger partial charge in [-0.1, -0.05) is 57.4 Å². The Morgan fingerprint density at radius 3 is 2.36 bits per heavy atom. The van der Waals surface area contributed by atoms with Crippen LogP contribution in [0.3, 0.4) is 0 Å². The lowest BCUT2D eigenvalue weighted by Crippen LogP contribution is -2.57. The van der Waals surface area contributed by atoms with Crippen LogP contribution in [0.5, 0.6) is 0 Å². The maximum atomic E-state index is 13.2. The molecule has 33 heavy (non-hydrogen) atoms. The van der Waals surface area contributed by atoms with Crippen molar-refractivity contribution in [1.82, 2.24) is 0 Å². The van der Waals surface area contributed by atoms with Gasteiger partial charge >= 0.3 is 5.97 Å². The molecule has 3 heteroatoms. The quantitative estimate of drug-likeness (QED) is 0.420. The summed E-state index contributed by atoms with van der Waals surface area (Å²) in [5.74, 6) is 0.893. The monoisotopic (exact) mass is 456 g/mol. The van der Waals surface area contributed by atoms with E-state index in [-0.39, 0.29) is 22.3 Å². The van der Waals surface area contributed by atoms with Gasteiger partial charge in [0, 0.05) is 0 Å². The zero-order valence-electron chi connectivity index (χ0n) is 22.3. The van der Waals surface area contributed by atoms with Crippen LogP contribution in [-0.2, 0) is 4.79 Å². The molecular formula is C30H48O3. The van der Waals surface area contributed by atoms with Gasteiger partial charge in [0.15, 0.2) is 0 Å². The molecule has 0 amide bonds. The van der Waals surface area contributed by atoms with Crippen LogP contribution >= 0.6 is 0 Å². The fourth-order valence-corrected chi connectivity index (χ4v) is 9.58.